The lowest BCUT2D eigenvalue weighted by Crippen LogP contribution is -2.35. The van der Waals surface area contributed by atoms with E-state index in [2.05, 4.69) is 37.4 Å². The highest BCUT2D eigenvalue weighted by molar-refractivity contribution is 5.73. The Hall–Kier alpha value is -1.35. The van der Waals surface area contributed by atoms with Crippen LogP contribution in [0.4, 0.5) is 0 Å². The Labute approximate surface area is 103 Å². The van der Waals surface area contributed by atoms with Crippen LogP contribution >= 0.6 is 0 Å². The highest BCUT2D eigenvalue weighted by atomic mass is 16.4. The standard InChI is InChI=1S/C14H21NO2/c1-10-5-6-12(7-11(10)2)8-15-9-14(3,4)13(16)17/h5-7,15H,8-9H2,1-4H3,(H,16,17). The normalized spacial score (nSPS) is 11.5. The fraction of sp³-hybridized carbons (Fsp3) is 0.500. The third kappa shape index (κ3) is 3.86. The van der Waals surface area contributed by atoms with Crippen molar-refractivity contribution >= 4 is 5.97 Å². The first-order chi connectivity index (χ1) is 7.83. The number of hydrogen-bond acceptors (Lipinski definition) is 2. The maximum Gasteiger partial charge on any atom is 0.310 e. The molecule has 17 heavy (non-hydrogen) atoms. The Balaban J connectivity index is 2.51. The lowest BCUT2D eigenvalue weighted by atomic mass is 9.94. The molecule has 3 heteroatoms. The Morgan fingerprint density at radius 3 is 2.47 bits per heavy atom. The van der Waals surface area contributed by atoms with Gasteiger partial charge < -0.3 is 10.4 Å². The second-order valence-corrected chi connectivity index (χ2v) is 5.21. The molecule has 2 N–H and O–H groups in total. The van der Waals surface area contributed by atoms with E-state index < -0.39 is 11.4 Å². The molecule has 0 amide bonds. The minimum Gasteiger partial charge on any atom is -0.481 e. The molecule has 0 saturated heterocycles. The van der Waals surface area contributed by atoms with Crippen LogP contribution in [0.2, 0.25) is 0 Å². The highest BCUT2D eigenvalue weighted by Gasteiger charge is 2.26. The Bertz CT molecular complexity index is 411. The van der Waals surface area contributed by atoms with E-state index >= 15 is 0 Å². The summed E-state index contributed by atoms with van der Waals surface area (Å²) in [6.45, 7) is 8.79. The molecular weight excluding hydrogens is 214 g/mol. The number of benzene rings is 1. The lowest BCUT2D eigenvalue weighted by Gasteiger charge is -2.19. The van der Waals surface area contributed by atoms with Crippen LogP contribution in [-0.4, -0.2) is 17.6 Å². The fourth-order valence-corrected chi connectivity index (χ4v) is 1.51. The number of carboxylic acid groups (broad SMARTS) is 1. The van der Waals surface area contributed by atoms with Crippen LogP contribution in [0.5, 0.6) is 0 Å². The number of aryl methyl sites for hydroxylation is 2. The number of carboxylic acids is 1. The van der Waals surface area contributed by atoms with Crippen molar-refractivity contribution in [3.05, 3.63) is 34.9 Å². The topological polar surface area (TPSA) is 49.3 Å². The maximum absolute atomic E-state index is 10.9. The van der Waals surface area contributed by atoms with Crippen LogP contribution in [-0.2, 0) is 11.3 Å². The lowest BCUT2D eigenvalue weighted by molar-refractivity contribution is -0.146. The van der Waals surface area contributed by atoms with Crippen molar-refractivity contribution in [1.82, 2.24) is 5.32 Å². The van der Waals surface area contributed by atoms with Crippen molar-refractivity contribution in [2.24, 2.45) is 5.41 Å². The van der Waals surface area contributed by atoms with Gasteiger partial charge in [-0.25, -0.2) is 0 Å². The minimum atomic E-state index is -0.773. The average molecular weight is 235 g/mol. The van der Waals surface area contributed by atoms with Gasteiger partial charge in [-0.15, -0.1) is 0 Å². The quantitative estimate of drug-likeness (QED) is 0.824. The van der Waals surface area contributed by atoms with E-state index in [1.807, 2.05) is 0 Å². The van der Waals surface area contributed by atoms with Crippen LogP contribution in [0.1, 0.15) is 30.5 Å². The molecule has 0 aromatic heterocycles. The number of aliphatic carboxylic acids is 1. The Kier molecular flexibility index (Phi) is 4.29. The molecule has 0 radical (unpaired) electrons. The SMILES string of the molecule is Cc1ccc(CNCC(C)(C)C(=O)O)cc1C. The molecular formula is C14H21NO2. The van der Waals surface area contributed by atoms with E-state index in [1.54, 1.807) is 13.8 Å². The number of rotatable bonds is 5. The zero-order valence-corrected chi connectivity index (χ0v) is 11.0. The van der Waals surface area contributed by atoms with E-state index in [0.29, 0.717) is 13.1 Å². The molecule has 1 rings (SSSR count). The smallest absolute Gasteiger partial charge is 0.310 e. The van der Waals surface area contributed by atoms with Gasteiger partial charge in [-0.2, -0.15) is 0 Å². The van der Waals surface area contributed by atoms with Gasteiger partial charge in [0.15, 0.2) is 0 Å². The molecule has 0 aliphatic carbocycles. The Morgan fingerprint density at radius 1 is 1.29 bits per heavy atom. The molecule has 0 bridgehead atoms. The molecule has 0 atom stereocenters. The summed E-state index contributed by atoms with van der Waals surface area (Å²) in [5, 5.41) is 12.2. The molecule has 0 aliphatic rings. The summed E-state index contributed by atoms with van der Waals surface area (Å²) in [5.41, 5.74) is 3.01. The van der Waals surface area contributed by atoms with E-state index in [1.165, 1.54) is 16.7 Å². The highest BCUT2D eigenvalue weighted by Crippen LogP contribution is 2.14. The van der Waals surface area contributed by atoms with E-state index in [9.17, 15) is 4.79 Å². The second-order valence-electron chi connectivity index (χ2n) is 5.21. The molecule has 1 aromatic rings. The third-order valence-electron chi connectivity index (χ3n) is 3.05. The summed E-state index contributed by atoms with van der Waals surface area (Å²) in [7, 11) is 0. The molecule has 3 nitrogen and oxygen atoms in total. The molecule has 0 unspecified atom stereocenters. The van der Waals surface area contributed by atoms with Gasteiger partial charge in [-0.1, -0.05) is 18.2 Å². The summed E-state index contributed by atoms with van der Waals surface area (Å²) >= 11 is 0. The summed E-state index contributed by atoms with van der Waals surface area (Å²) in [4.78, 5) is 10.9. The van der Waals surface area contributed by atoms with Gasteiger partial charge in [0.25, 0.3) is 0 Å². The average Bonchev–Trinajstić information content (AvgIpc) is 2.23. The summed E-state index contributed by atoms with van der Waals surface area (Å²) in [6.07, 6.45) is 0. The minimum absolute atomic E-state index is 0.468. The van der Waals surface area contributed by atoms with Crippen LogP contribution in [0.15, 0.2) is 18.2 Å². The third-order valence-corrected chi connectivity index (χ3v) is 3.05. The van der Waals surface area contributed by atoms with Crippen molar-refractivity contribution in [2.45, 2.75) is 34.2 Å². The number of nitrogens with one attached hydrogen (secondary N) is 1. The monoisotopic (exact) mass is 235 g/mol. The molecule has 94 valence electrons. The molecule has 0 heterocycles. The van der Waals surface area contributed by atoms with Crippen molar-refractivity contribution in [1.29, 1.82) is 0 Å². The predicted octanol–water partition coefficient (Wildman–Crippen LogP) is 2.50. The summed E-state index contributed by atoms with van der Waals surface area (Å²) < 4.78 is 0. The number of carbonyl (C=O) groups is 1. The van der Waals surface area contributed by atoms with Crippen molar-refractivity contribution in [2.75, 3.05) is 6.54 Å². The van der Waals surface area contributed by atoms with Gasteiger partial charge in [0.1, 0.15) is 0 Å². The van der Waals surface area contributed by atoms with Crippen LogP contribution < -0.4 is 5.32 Å². The van der Waals surface area contributed by atoms with Crippen molar-refractivity contribution < 1.29 is 9.90 Å². The first kappa shape index (κ1) is 13.7. The first-order valence-corrected chi connectivity index (χ1v) is 5.83. The van der Waals surface area contributed by atoms with E-state index in [-0.39, 0.29) is 0 Å². The maximum atomic E-state index is 10.9. The molecule has 1 aromatic carbocycles. The molecule has 0 saturated carbocycles. The summed E-state index contributed by atoms with van der Waals surface area (Å²) in [5.74, 6) is -0.773. The van der Waals surface area contributed by atoms with Crippen molar-refractivity contribution in [3.8, 4) is 0 Å². The van der Waals surface area contributed by atoms with E-state index in [0.717, 1.165) is 0 Å². The molecule has 0 fully saturated rings. The van der Waals surface area contributed by atoms with Gasteiger partial charge in [-0.3, -0.25) is 4.79 Å². The number of hydrogen-bond donors (Lipinski definition) is 2. The summed E-state index contributed by atoms with van der Waals surface area (Å²) in [6, 6.07) is 6.30. The van der Waals surface area contributed by atoms with Gasteiger partial charge in [0, 0.05) is 13.1 Å². The van der Waals surface area contributed by atoms with Crippen molar-refractivity contribution in [3.63, 3.8) is 0 Å². The second kappa shape index (κ2) is 5.32. The van der Waals surface area contributed by atoms with Gasteiger partial charge in [0.05, 0.1) is 5.41 Å². The molecule has 0 aliphatic heterocycles. The largest absolute Gasteiger partial charge is 0.481 e. The predicted molar refractivity (Wildman–Crippen MR) is 69.0 cm³/mol. The van der Waals surface area contributed by atoms with Crippen LogP contribution in [0.3, 0.4) is 0 Å². The van der Waals surface area contributed by atoms with Gasteiger partial charge in [-0.05, 0) is 44.4 Å². The fourth-order valence-electron chi connectivity index (χ4n) is 1.51. The van der Waals surface area contributed by atoms with E-state index in [4.69, 9.17) is 5.11 Å². The van der Waals surface area contributed by atoms with Crippen LogP contribution in [0.25, 0.3) is 0 Å². The van der Waals surface area contributed by atoms with Gasteiger partial charge in [0.2, 0.25) is 0 Å². The first-order valence-electron chi connectivity index (χ1n) is 5.83. The zero-order chi connectivity index (χ0) is 13.1. The van der Waals surface area contributed by atoms with Crippen LogP contribution in [0, 0.1) is 19.3 Å². The van der Waals surface area contributed by atoms with Gasteiger partial charge >= 0.3 is 5.97 Å². The zero-order valence-electron chi connectivity index (χ0n) is 11.0. The molecule has 0 spiro atoms. The Morgan fingerprint density at radius 2 is 1.94 bits per heavy atom.